The molecular formula is C30H29FN6. The van der Waals surface area contributed by atoms with Crippen molar-refractivity contribution in [3.05, 3.63) is 94.3 Å². The van der Waals surface area contributed by atoms with E-state index in [1.54, 1.807) is 12.4 Å². The maximum absolute atomic E-state index is 14.1. The van der Waals surface area contributed by atoms with Crippen LogP contribution in [0.2, 0.25) is 0 Å². The van der Waals surface area contributed by atoms with Gasteiger partial charge in [-0.25, -0.2) is 4.39 Å². The normalized spacial score (nSPS) is 12.7. The topological polar surface area (TPSA) is 73.5 Å². The number of halogens is 1. The first-order valence-electron chi connectivity index (χ1n) is 12.0. The second-order valence-corrected chi connectivity index (χ2v) is 9.65. The standard InChI is InChI=1S/C30H29FN6/c1-18-8-22(11-24(31)9-18)26-15-33-16-29-25(26)12-28(34-29)30-20(3)27(35-36-30)7-6-19(2)23-10-21(13-32-14-23)17-37(4)5/h6-16,34-35H,3,17H2,1-2,4-5H3/b19-6+,27-7+. The van der Waals surface area contributed by atoms with E-state index in [-0.39, 0.29) is 5.82 Å². The van der Waals surface area contributed by atoms with Crippen LogP contribution in [-0.2, 0) is 6.54 Å². The van der Waals surface area contributed by atoms with Gasteiger partial charge >= 0.3 is 0 Å². The summed E-state index contributed by atoms with van der Waals surface area (Å²) in [6.45, 7) is 9.05. The zero-order valence-corrected chi connectivity index (χ0v) is 21.4. The van der Waals surface area contributed by atoms with Crippen LogP contribution in [0.5, 0.6) is 0 Å². The summed E-state index contributed by atoms with van der Waals surface area (Å²) in [5.74, 6) is -0.265. The molecule has 0 unspecified atom stereocenters. The van der Waals surface area contributed by atoms with Crippen LogP contribution in [0.15, 0.2) is 61.2 Å². The summed E-state index contributed by atoms with van der Waals surface area (Å²) in [6.07, 6.45) is 11.3. The molecule has 0 spiro atoms. The van der Waals surface area contributed by atoms with Crippen LogP contribution < -0.4 is 10.6 Å². The van der Waals surface area contributed by atoms with Crippen LogP contribution in [0.25, 0.3) is 51.6 Å². The third-order valence-corrected chi connectivity index (χ3v) is 6.30. The van der Waals surface area contributed by atoms with Crippen LogP contribution in [0.3, 0.4) is 0 Å². The number of hydrogen-bond acceptors (Lipinski definition) is 4. The molecule has 4 aromatic heterocycles. The smallest absolute Gasteiger partial charge is 0.124 e. The summed E-state index contributed by atoms with van der Waals surface area (Å²) in [4.78, 5) is 14.3. The van der Waals surface area contributed by atoms with Crippen LogP contribution in [0.1, 0.15) is 23.6 Å². The van der Waals surface area contributed by atoms with Gasteiger partial charge < -0.3 is 9.88 Å². The third-order valence-electron chi connectivity index (χ3n) is 6.30. The summed E-state index contributed by atoms with van der Waals surface area (Å²) in [5.41, 5.74) is 8.24. The molecule has 7 heteroatoms. The molecule has 0 aliphatic rings. The highest BCUT2D eigenvalue weighted by Gasteiger charge is 2.13. The monoisotopic (exact) mass is 492 g/mol. The lowest BCUT2D eigenvalue weighted by Crippen LogP contribution is -2.21. The average molecular weight is 493 g/mol. The van der Waals surface area contributed by atoms with Gasteiger partial charge in [0.15, 0.2) is 0 Å². The lowest BCUT2D eigenvalue weighted by atomic mass is 10.0. The third kappa shape index (κ3) is 5.13. The van der Waals surface area contributed by atoms with Crippen molar-refractivity contribution in [2.45, 2.75) is 20.4 Å². The van der Waals surface area contributed by atoms with Crippen molar-refractivity contribution < 1.29 is 4.39 Å². The lowest BCUT2D eigenvalue weighted by Gasteiger charge is -2.10. The Balaban J connectivity index is 1.49. The fourth-order valence-corrected chi connectivity index (χ4v) is 4.50. The summed E-state index contributed by atoms with van der Waals surface area (Å²) in [6, 6.07) is 9.19. The molecule has 6 nitrogen and oxygen atoms in total. The highest BCUT2D eigenvalue weighted by molar-refractivity contribution is 5.97. The number of nitrogens with zero attached hydrogens (tertiary/aromatic N) is 4. The van der Waals surface area contributed by atoms with E-state index in [0.29, 0.717) is 0 Å². The molecule has 4 heterocycles. The molecule has 186 valence electrons. The number of aromatic nitrogens is 5. The molecule has 37 heavy (non-hydrogen) atoms. The van der Waals surface area contributed by atoms with Crippen molar-refractivity contribution in [1.29, 1.82) is 0 Å². The Morgan fingerprint density at radius 3 is 2.65 bits per heavy atom. The zero-order chi connectivity index (χ0) is 26.1. The van der Waals surface area contributed by atoms with Crippen LogP contribution in [0.4, 0.5) is 4.39 Å². The molecule has 0 aliphatic carbocycles. The molecule has 2 N–H and O–H groups in total. The van der Waals surface area contributed by atoms with Crippen molar-refractivity contribution >= 4 is 29.1 Å². The minimum atomic E-state index is -0.265. The quantitative estimate of drug-likeness (QED) is 0.357. The molecule has 0 saturated carbocycles. The number of H-pyrrole nitrogens is 2. The molecule has 5 rings (SSSR count). The minimum absolute atomic E-state index is 0.265. The van der Waals surface area contributed by atoms with E-state index in [4.69, 9.17) is 0 Å². The summed E-state index contributed by atoms with van der Waals surface area (Å²) in [5, 5.41) is 10.2. The van der Waals surface area contributed by atoms with Gasteiger partial charge in [-0.05, 0) is 86.1 Å². The predicted molar refractivity (Wildman–Crippen MR) is 148 cm³/mol. The Kier molecular flexibility index (Phi) is 6.54. The Morgan fingerprint density at radius 1 is 1.05 bits per heavy atom. The first kappa shape index (κ1) is 24.3. The SMILES string of the molecule is C=c1c(-c2cc3c(-c4cc(C)cc(F)c4)cncc3[nH]2)n[nH]/c1=C/C=C(\C)c1cncc(CN(C)C)c1. The van der Waals surface area contributed by atoms with Crippen molar-refractivity contribution in [3.63, 3.8) is 0 Å². The number of hydrogen-bond donors (Lipinski definition) is 2. The number of rotatable bonds is 6. The largest absolute Gasteiger partial charge is 0.352 e. The molecule has 0 amide bonds. The Labute approximate surface area is 214 Å². The summed E-state index contributed by atoms with van der Waals surface area (Å²) < 4.78 is 14.1. The van der Waals surface area contributed by atoms with Gasteiger partial charge in [-0.15, -0.1) is 0 Å². The average Bonchev–Trinajstić information content (AvgIpc) is 3.44. The molecule has 1 aromatic carbocycles. The molecule has 0 fully saturated rings. The van der Waals surface area contributed by atoms with Crippen LogP contribution >= 0.6 is 0 Å². The molecule has 5 aromatic rings. The summed E-state index contributed by atoms with van der Waals surface area (Å²) in [7, 11) is 4.09. The second kappa shape index (κ2) is 9.95. The van der Waals surface area contributed by atoms with E-state index in [1.807, 2.05) is 57.7 Å². The summed E-state index contributed by atoms with van der Waals surface area (Å²) >= 11 is 0. The molecule has 0 atom stereocenters. The van der Waals surface area contributed by atoms with Crippen LogP contribution in [-0.4, -0.2) is 44.1 Å². The first-order chi connectivity index (χ1) is 17.8. The van der Waals surface area contributed by atoms with Gasteiger partial charge in [0.1, 0.15) is 11.5 Å². The van der Waals surface area contributed by atoms with E-state index in [9.17, 15) is 4.39 Å². The van der Waals surface area contributed by atoms with Crippen molar-refractivity contribution in [2.75, 3.05) is 14.1 Å². The van der Waals surface area contributed by atoms with Gasteiger partial charge in [-0.3, -0.25) is 15.1 Å². The van der Waals surface area contributed by atoms with E-state index in [0.717, 1.165) is 72.8 Å². The maximum atomic E-state index is 14.1. The van der Waals surface area contributed by atoms with E-state index >= 15 is 0 Å². The predicted octanol–water partition coefficient (Wildman–Crippen LogP) is 4.82. The fraction of sp³-hybridized carbons (Fsp3) is 0.167. The Morgan fingerprint density at radius 2 is 1.86 bits per heavy atom. The molecule has 0 saturated heterocycles. The van der Waals surface area contributed by atoms with Gasteiger partial charge in [0.25, 0.3) is 0 Å². The van der Waals surface area contributed by atoms with Gasteiger partial charge in [-0.2, -0.15) is 5.10 Å². The first-order valence-corrected chi connectivity index (χ1v) is 12.0. The number of aryl methyl sites for hydroxylation is 1. The van der Waals surface area contributed by atoms with Gasteiger partial charge in [-0.1, -0.05) is 18.7 Å². The van der Waals surface area contributed by atoms with Gasteiger partial charge in [0.2, 0.25) is 0 Å². The highest BCUT2D eigenvalue weighted by atomic mass is 19.1. The number of fused-ring (bicyclic) bond motifs is 1. The minimum Gasteiger partial charge on any atom is -0.352 e. The molecule has 0 aliphatic heterocycles. The number of nitrogens with one attached hydrogen (secondary N) is 2. The van der Waals surface area contributed by atoms with E-state index in [1.165, 1.54) is 12.1 Å². The fourth-order valence-electron chi connectivity index (χ4n) is 4.50. The van der Waals surface area contributed by atoms with Gasteiger partial charge in [0.05, 0.1) is 22.8 Å². The molecule has 0 bridgehead atoms. The number of pyridine rings is 2. The van der Waals surface area contributed by atoms with Crippen LogP contribution in [0, 0.1) is 12.7 Å². The number of benzene rings is 1. The van der Waals surface area contributed by atoms with Crippen molar-refractivity contribution in [3.8, 4) is 22.5 Å². The van der Waals surface area contributed by atoms with Gasteiger partial charge in [0, 0.05) is 41.3 Å². The van der Waals surface area contributed by atoms with E-state index in [2.05, 4.69) is 49.6 Å². The van der Waals surface area contributed by atoms with E-state index < -0.39 is 0 Å². The number of allylic oxidation sites excluding steroid dienone is 2. The second-order valence-electron chi connectivity index (χ2n) is 9.65. The Hall–Kier alpha value is -4.36. The molecular weight excluding hydrogens is 463 g/mol. The zero-order valence-electron chi connectivity index (χ0n) is 21.4. The maximum Gasteiger partial charge on any atom is 0.124 e. The van der Waals surface area contributed by atoms with Crippen molar-refractivity contribution in [1.82, 2.24) is 30.0 Å². The van der Waals surface area contributed by atoms with Crippen molar-refractivity contribution in [2.24, 2.45) is 0 Å². The number of aromatic amines is 2. The Bertz CT molecular complexity index is 1720. The lowest BCUT2D eigenvalue weighted by molar-refractivity contribution is 0.402. The molecule has 0 radical (unpaired) electrons. The highest BCUT2D eigenvalue weighted by Crippen LogP contribution is 2.31.